The zero-order valence-corrected chi connectivity index (χ0v) is 14.9. The third-order valence-electron chi connectivity index (χ3n) is 3.50. The molecule has 0 N–H and O–H groups in total. The van der Waals surface area contributed by atoms with Crippen LogP contribution < -0.4 is 0 Å². The number of benzene rings is 1. The lowest BCUT2D eigenvalue weighted by molar-refractivity contribution is 0.746. The van der Waals surface area contributed by atoms with Crippen molar-refractivity contribution in [2.75, 3.05) is 11.5 Å². The van der Waals surface area contributed by atoms with Crippen LogP contribution in [-0.2, 0) is 6.54 Å². The molecule has 2 rings (SSSR count). The minimum absolute atomic E-state index is 0.728. The third-order valence-corrected chi connectivity index (χ3v) is 4.98. The van der Waals surface area contributed by atoms with Gasteiger partial charge in [0.15, 0.2) is 4.77 Å². The van der Waals surface area contributed by atoms with Gasteiger partial charge in [0.2, 0.25) is 0 Å². The van der Waals surface area contributed by atoms with Crippen LogP contribution in [0, 0.1) is 16.1 Å². The number of hydrogen-bond donors (Lipinski definition) is 0. The average molecular weight is 344 g/mol. The number of thioether (sulfide) groups is 1. The molecule has 23 heavy (non-hydrogen) atoms. The molecule has 3 nitrogen and oxygen atoms in total. The SMILES string of the molecule is CCCCSCCn1ccn(/C(=C\C#N)c2ccccc2)c1=S. The third kappa shape index (κ3) is 4.85. The molecule has 1 aromatic carbocycles. The van der Waals surface area contributed by atoms with Crippen LogP contribution in [0.4, 0.5) is 0 Å². The molecule has 0 amide bonds. The highest BCUT2D eigenvalue weighted by Crippen LogP contribution is 2.18. The van der Waals surface area contributed by atoms with Crippen molar-refractivity contribution in [3.05, 3.63) is 59.1 Å². The van der Waals surface area contributed by atoms with Gasteiger partial charge in [-0.1, -0.05) is 43.7 Å². The minimum atomic E-state index is 0.728. The number of rotatable bonds is 8. The smallest absolute Gasteiger partial charge is 0.184 e. The molecule has 0 unspecified atom stereocenters. The van der Waals surface area contributed by atoms with Gasteiger partial charge in [0.25, 0.3) is 0 Å². The molecule has 0 aliphatic carbocycles. The second-order valence-corrected chi connectivity index (χ2v) is 6.72. The number of nitriles is 1. The highest BCUT2D eigenvalue weighted by molar-refractivity contribution is 7.99. The summed E-state index contributed by atoms with van der Waals surface area (Å²) in [6, 6.07) is 12.0. The van der Waals surface area contributed by atoms with Gasteiger partial charge in [-0.25, -0.2) is 0 Å². The van der Waals surface area contributed by atoms with Crippen molar-refractivity contribution < 1.29 is 0 Å². The zero-order valence-electron chi connectivity index (χ0n) is 13.3. The molecule has 0 spiro atoms. The van der Waals surface area contributed by atoms with Crippen LogP contribution in [0.3, 0.4) is 0 Å². The lowest BCUT2D eigenvalue weighted by Crippen LogP contribution is -2.04. The fourth-order valence-electron chi connectivity index (χ4n) is 2.24. The van der Waals surface area contributed by atoms with Gasteiger partial charge in [0.1, 0.15) is 0 Å². The number of aryl methyl sites for hydroxylation is 1. The lowest BCUT2D eigenvalue weighted by atomic mass is 10.1. The van der Waals surface area contributed by atoms with Gasteiger partial charge in [0, 0.05) is 30.8 Å². The molecule has 0 aliphatic heterocycles. The molecule has 1 aromatic heterocycles. The van der Waals surface area contributed by atoms with Crippen molar-refractivity contribution in [2.45, 2.75) is 26.3 Å². The summed E-state index contributed by atoms with van der Waals surface area (Å²) in [5.74, 6) is 2.26. The molecule has 0 atom stereocenters. The molecule has 5 heteroatoms. The van der Waals surface area contributed by atoms with Crippen molar-refractivity contribution in [1.29, 1.82) is 5.26 Å². The van der Waals surface area contributed by atoms with Crippen molar-refractivity contribution >= 4 is 29.7 Å². The first-order valence-corrected chi connectivity index (χ1v) is 9.35. The van der Waals surface area contributed by atoms with E-state index >= 15 is 0 Å². The summed E-state index contributed by atoms with van der Waals surface area (Å²) in [6.07, 6.45) is 7.99. The average Bonchev–Trinajstić information content (AvgIpc) is 2.94. The fraction of sp³-hybridized carbons (Fsp3) is 0.333. The summed E-state index contributed by atoms with van der Waals surface area (Å²) in [6.45, 7) is 3.11. The Bertz CT molecular complexity index is 736. The second-order valence-electron chi connectivity index (χ2n) is 5.13. The Morgan fingerprint density at radius 1 is 1.26 bits per heavy atom. The maximum absolute atomic E-state index is 9.10. The predicted octanol–water partition coefficient (Wildman–Crippen LogP) is 4.97. The van der Waals surface area contributed by atoms with Crippen LogP contribution in [0.5, 0.6) is 0 Å². The predicted molar refractivity (Wildman–Crippen MR) is 101 cm³/mol. The Kier molecular flexibility index (Phi) is 7.18. The quantitative estimate of drug-likeness (QED) is 0.386. The largest absolute Gasteiger partial charge is 0.323 e. The van der Waals surface area contributed by atoms with Crippen LogP contribution in [0.2, 0.25) is 0 Å². The molecule has 120 valence electrons. The summed E-state index contributed by atoms with van der Waals surface area (Å²) < 4.78 is 4.71. The molecule has 0 saturated carbocycles. The first-order valence-electron chi connectivity index (χ1n) is 7.79. The van der Waals surface area contributed by atoms with Crippen molar-refractivity contribution in [3.8, 4) is 6.07 Å². The van der Waals surface area contributed by atoms with Gasteiger partial charge in [-0.2, -0.15) is 17.0 Å². The highest BCUT2D eigenvalue weighted by atomic mass is 32.2. The summed E-state index contributed by atoms with van der Waals surface area (Å²) >= 11 is 7.55. The minimum Gasteiger partial charge on any atom is -0.323 e. The van der Waals surface area contributed by atoms with E-state index in [0.717, 1.165) is 28.3 Å². The summed E-state index contributed by atoms with van der Waals surface area (Å²) in [5.41, 5.74) is 1.80. The Labute approximate surface area is 147 Å². The Balaban J connectivity index is 2.15. The number of nitrogens with zero attached hydrogens (tertiary/aromatic N) is 3. The van der Waals surface area contributed by atoms with E-state index in [1.807, 2.05) is 59.1 Å². The van der Waals surface area contributed by atoms with E-state index in [4.69, 9.17) is 17.5 Å². The van der Waals surface area contributed by atoms with Gasteiger partial charge >= 0.3 is 0 Å². The topological polar surface area (TPSA) is 33.6 Å². The van der Waals surface area contributed by atoms with E-state index in [2.05, 4.69) is 17.6 Å². The maximum atomic E-state index is 9.10. The van der Waals surface area contributed by atoms with Crippen molar-refractivity contribution in [2.24, 2.45) is 0 Å². The molecule has 0 fully saturated rings. The Morgan fingerprint density at radius 3 is 2.74 bits per heavy atom. The molecular weight excluding hydrogens is 322 g/mol. The molecular formula is C18H21N3S2. The Morgan fingerprint density at radius 2 is 2.04 bits per heavy atom. The molecule has 0 aliphatic rings. The van der Waals surface area contributed by atoms with Gasteiger partial charge in [-0.15, -0.1) is 0 Å². The Hall–Kier alpha value is -1.77. The lowest BCUT2D eigenvalue weighted by Gasteiger charge is -2.08. The standard InChI is InChI=1S/C18H21N3S2/c1-2-3-14-23-15-13-20-11-12-21(18(20)22)17(9-10-19)16-7-5-4-6-8-16/h4-9,11-12H,2-3,13-15H2,1H3/b17-9-. The molecule has 2 aromatic rings. The van der Waals surface area contributed by atoms with Crippen LogP contribution in [-0.4, -0.2) is 20.6 Å². The van der Waals surface area contributed by atoms with E-state index in [0.29, 0.717) is 0 Å². The molecule has 0 bridgehead atoms. The normalized spacial score (nSPS) is 11.4. The van der Waals surface area contributed by atoms with Crippen molar-refractivity contribution in [3.63, 3.8) is 0 Å². The molecule has 1 heterocycles. The summed E-state index contributed by atoms with van der Waals surface area (Å²) in [4.78, 5) is 0. The van der Waals surface area contributed by atoms with E-state index in [1.54, 1.807) is 6.08 Å². The molecule has 0 saturated heterocycles. The summed E-state index contributed by atoms with van der Waals surface area (Å²) in [5, 5.41) is 9.10. The number of unbranched alkanes of at least 4 members (excludes halogenated alkanes) is 1. The van der Waals surface area contributed by atoms with E-state index < -0.39 is 0 Å². The van der Waals surface area contributed by atoms with Crippen LogP contribution >= 0.6 is 24.0 Å². The fourth-order valence-corrected chi connectivity index (χ4v) is 3.57. The van der Waals surface area contributed by atoms with Crippen LogP contribution in [0.25, 0.3) is 5.70 Å². The van der Waals surface area contributed by atoms with Gasteiger partial charge in [0.05, 0.1) is 11.8 Å². The first-order chi connectivity index (χ1) is 11.3. The van der Waals surface area contributed by atoms with Gasteiger partial charge in [-0.05, 0) is 30.0 Å². The zero-order chi connectivity index (χ0) is 16.5. The van der Waals surface area contributed by atoms with Crippen LogP contribution in [0.15, 0.2) is 48.8 Å². The monoisotopic (exact) mass is 343 g/mol. The number of hydrogen-bond acceptors (Lipinski definition) is 3. The number of allylic oxidation sites excluding steroid dienone is 1. The summed E-state index contributed by atoms with van der Waals surface area (Å²) in [7, 11) is 0. The van der Waals surface area contributed by atoms with Gasteiger partial charge < -0.3 is 4.57 Å². The molecule has 0 radical (unpaired) electrons. The van der Waals surface area contributed by atoms with Gasteiger partial charge in [-0.3, -0.25) is 4.57 Å². The second kappa shape index (κ2) is 9.39. The van der Waals surface area contributed by atoms with E-state index in [-0.39, 0.29) is 0 Å². The maximum Gasteiger partial charge on any atom is 0.184 e. The number of imidazole rings is 1. The first kappa shape index (κ1) is 17.6. The highest BCUT2D eigenvalue weighted by Gasteiger charge is 2.07. The number of aromatic nitrogens is 2. The van der Waals surface area contributed by atoms with E-state index in [9.17, 15) is 0 Å². The van der Waals surface area contributed by atoms with E-state index in [1.165, 1.54) is 18.6 Å². The van der Waals surface area contributed by atoms with Crippen molar-refractivity contribution in [1.82, 2.24) is 9.13 Å². The van der Waals surface area contributed by atoms with Crippen LogP contribution in [0.1, 0.15) is 25.3 Å².